The molecule has 0 amide bonds. The molecule has 3 aromatic rings. The van der Waals surface area contributed by atoms with Crippen LogP contribution in [0.15, 0.2) is 23.1 Å². The van der Waals surface area contributed by atoms with Crippen LogP contribution in [-0.2, 0) is 4.74 Å². The van der Waals surface area contributed by atoms with Gasteiger partial charge in [-0.2, -0.15) is 5.10 Å². The van der Waals surface area contributed by atoms with E-state index in [0.29, 0.717) is 22.5 Å². The van der Waals surface area contributed by atoms with Crippen molar-refractivity contribution in [2.24, 2.45) is 0 Å². The van der Waals surface area contributed by atoms with E-state index >= 15 is 0 Å². The monoisotopic (exact) mass is 311 g/mol. The lowest BCUT2D eigenvalue weighted by molar-refractivity contribution is 0.0600. The Kier molecular flexibility index (Phi) is 3.01. The summed E-state index contributed by atoms with van der Waals surface area (Å²) in [6, 6.07) is 3.95. The maximum absolute atomic E-state index is 12.3. The maximum atomic E-state index is 12.3. The number of hydrogen-bond acceptors (Lipinski definition) is 4. The Hall–Kier alpha value is -2.63. The van der Waals surface area contributed by atoms with Gasteiger partial charge in [0.2, 0.25) is 0 Å². The molecule has 118 valence electrons. The molecule has 1 aliphatic rings. The van der Waals surface area contributed by atoms with Gasteiger partial charge in [0, 0.05) is 5.39 Å². The molecule has 1 fully saturated rings. The zero-order valence-corrected chi connectivity index (χ0v) is 13.0. The summed E-state index contributed by atoms with van der Waals surface area (Å²) in [5, 5.41) is 5.81. The van der Waals surface area contributed by atoms with Gasteiger partial charge in [0.15, 0.2) is 0 Å². The molecule has 6 heteroatoms. The first kappa shape index (κ1) is 14.0. The summed E-state index contributed by atoms with van der Waals surface area (Å²) in [5.41, 5.74) is 2.65. The van der Waals surface area contributed by atoms with E-state index < -0.39 is 0 Å². The van der Waals surface area contributed by atoms with Crippen LogP contribution in [0, 0.1) is 6.92 Å². The van der Waals surface area contributed by atoms with Crippen LogP contribution in [0.5, 0.6) is 0 Å². The molecule has 0 saturated heterocycles. The second-order valence-electron chi connectivity index (χ2n) is 6.09. The predicted octanol–water partition coefficient (Wildman–Crippen LogP) is 2.70. The molecule has 1 aromatic carbocycles. The number of ether oxygens (including phenoxy) is 1. The van der Waals surface area contributed by atoms with Crippen LogP contribution >= 0.6 is 0 Å². The third-order valence-corrected chi connectivity index (χ3v) is 4.73. The number of carbonyl (C=O) groups is 1. The summed E-state index contributed by atoms with van der Waals surface area (Å²) < 4.78 is 6.80. The molecule has 6 nitrogen and oxygen atoms in total. The number of aromatic nitrogens is 3. The third-order valence-electron chi connectivity index (χ3n) is 4.73. The minimum Gasteiger partial charge on any atom is -0.465 e. The topological polar surface area (TPSA) is 77.0 Å². The summed E-state index contributed by atoms with van der Waals surface area (Å²) >= 11 is 0. The molecular weight excluding hydrogens is 294 g/mol. The van der Waals surface area contributed by atoms with Crippen molar-refractivity contribution >= 4 is 27.8 Å². The number of fused-ring (bicyclic) bond motifs is 3. The number of H-pyrrole nitrogens is 1. The predicted molar refractivity (Wildman–Crippen MR) is 86.8 cm³/mol. The van der Waals surface area contributed by atoms with Crippen LogP contribution < -0.4 is 5.56 Å². The molecule has 0 radical (unpaired) electrons. The zero-order chi connectivity index (χ0) is 16.1. The number of nitrogens with one attached hydrogen (secondary N) is 1. The van der Waals surface area contributed by atoms with Crippen molar-refractivity contribution in [2.45, 2.75) is 32.2 Å². The van der Waals surface area contributed by atoms with Crippen molar-refractivity contribution in [3.8, 4) is 0 Å². The Balaban J connectivity index is 2.10. The first-order chi connectivity index (χ1) is 11.1. The number of carbonyl (C=O) groups excluding carboxylic acids is 1. The lowest BCUT2D eigenvalue weighted by Gasteiger charge is -2.26. The van der Waals surface area contributed by atoms with Gasteiger partial charge in [0.1, 0.15) is 0 Å². The average molecular weight is 311 g/mol. The van der Waals surface area contributed by atoms with Gasteiger partial charge in [-0.1, -0.05) is 0 Å². The Morgan fingerprint density at radius 3 is 2.78 bits per heavy atom. The highest BCUT2D eigenvalue weighted by Gasteiger charge is 2.24. The van der Waals surface area contributed by atoms with E-state index in [1.54, 1.807) is 12.3 Å². The zero-order valence-electron chi connectivity index (χ0n) is 13.0. The largest absolute Gasteiger partial charge is 0.465 e. The van der Waals surface area contributed by atoms with E-state index in [1.807, 2.05) is 17.7 Å². The molecule has 0 unspecified atom stereocenters. The number of aromatic amines is 1. The maximum Gasteiger partial charge on any atom is 0.338 e. The van der Waals surface area contributed by atoms with Gasteiger partial charge in [-0.3, -0.25) is 9.48 Å². The number of pyridine rings is 1. The number of aryl methyl sites for hydroxylation is 1. The highest BCUT2D eigenvalue weighted by Crippen LogP contribution is 2.35. The van der Waals surface area contributed by atoms with Crippen molar-refractivity contribution < 1.29 is 9.53 Å². The highest BCUT2D eigenvalue weighted by molar-refractivity contribution is 6.06. The number of nitrogens with zero attached hydrogens (tertiary/aromatic N) is 2. The molecule has 2 aromatic heterocycles. The van der Waals surface area contributed by atoms with E-state index in [2.05, 4.69) is 10.1 Å². The van der Waals surface area contributed by atoms with Crippen molar-refractivity contribution in [2.75, 3.05) is 7.11 Å². The molecule has 0 bridgehead atoms. The van der Waals surface area contributed by atoms with Crippen LogP contribution in [0.4, 0.5) is 0 Å². The number of esters is 1. The molecule has 0 aliphatic heterocycles. The second kappa shape index (κ2) is 4.94. The van der Waals surface area contributed by atoms with Gasteiger partial charge >= 0.3 is 5.97 Å². The van der Waals surface area contributed by atoms with E-state index in [0.717, 1.165) is 29.3 Å². The molecule has 0 atom stereocenters. The lowest BCUT2D eigenvalue weighted by atomic mass is 9.93. The van der Waals surface area contributed by atoms with Crippen LogP contribution in [0.1, 0.15) is 41.2 Å². The third kappa shape index (κ3) is 1.98. The van der Waals surface area contributed by atoms with E-state index in [1.165, 1.54) is 13.5 Å². The first-order valence-electron chi connectivity index (χ1n) is 7.72. The van der Waals surface area contributed by atoms with Gasteiger partial charge in [-0.15, -0.1) is 0 Å². The van der Waals surface area contributed by atoms with Gasteiger partial charge in [-0.05, 0) is 43.9 Å². The molecule has 1 aliphatic carbocycles. The first-order valence-corrected chi connectivity index (χ1v) is 7.72. The minimum atomic E-state index is -0.376. The van der Waals surface area contributed by atoms with Crippen LogP contribution in [0.25, 0.3) is 21.8 Å². The average Bonchev–Trinajstić information content (AvgIpc) is 2.90. The van der Waals surface area contributed by atoms with Gasteiger partial charge in [0.25, 0.3) is 5.56 Å². The quantitative estimate of drug-likeness (QED) is 0.738. The van der Waals surface area contributed by atoms with Crippen molar-refractivity contribution in [3.05, 3.63) is 39.8 Å². The van der Waals surface area contributed by atoms with Gasteiger partial charge in [0.05, 0.1) is 41.3 Å². The Bertz CT molecular complexity index is 996. The summed E-state index contributed by atoms with van der Waals surface area (Å²) in [6.07, 6.45) is 4.94. The van der Waals surface area contributed by atoms with Crippen LogP contribution in [0.3, 0.4) is 0 Å². The van der Waals surface area contributed by atoms with Crippen LogP contribution in [0.2, 0.25) is 0 Å². The number of rotatable bonds is 2. The summed E-state index contributed by atoms with van der Waals surface area (Å²) in [7, 11) is 1.37. The fraction of sp³-hybridized carbons (Fsp3) is 0.353. The number of hydrogen-bond donors (Lipinski definition) is 1. The van der Waals surface area contributed by atoms with Gasteiger partial charge in [-0.25, -0.2) is 4.79 Å². The smallest absolute Gasteiger partial charge is 0.338 e. The molecule has 23 heavy (non-hydrogen) atoms. The summed E-state index contributed by atoms with van der Waals surface area (Å²) in [5.74, 6) is -0.376. The van der Waals surface area contributed by atoms with E-state index in [9.17, 15) is 9.59 Å². The lowest BCUT2D eigenvalue weighted by Crippen LogP contribution is -2.18. The second-order valence-corrected chi connectivity index (χ2v) is 6.09. The Labute approximate surface area is 132 Å². The fourth-order valence-corrected chi connectivity index (χ4v) is 3.23. The molecular formula is C17H17N3O3. The Morgan fingerprint density at radius 2 is 2.13 bits per heavy atom. The molecule has 1 N–H and O–H groups in total. The molecule has 1 saturated carbocycles. The minimum absolute atomic E-state index is 0.150. The van der Waals surface area contributed by atoms with Crippen molar-refractivity contribution in [3.63, 3.8) is 0 Å². The Morgan fingerprint density at radius 1 is 1.35 bits per heavy atom. The number of methoxy groups -OCH3 is 1. The van der Waals surface area contributed by atoms with E-state index in [-0.39, 0.29) is 11.5 Å². The molecule has 0 spiro atoms. The SMILES string of the molecule is COC(=O)c1cc2c(cc1C)[nH]c(=O)c1cnn(C3CCC3)c12. The van der Waals surface area contributed by atoms with E-state index in [4.69, 9.17) is 4.74 Å². The normalized spacial score (nSPS) is 15.0. The van der Waals surface area contributed by atoms with Crippen molar-refractivity contribution in [1.29, 1.82) is 0 Å². The van der Waals surface area contributed by atoms with Crippen molar-refractivity contribution in [1.82, 2.24) is 14.8 Å². The van der Waals surface area contributed by atoms with Gasteiger partial charge < -0.3 is 9.72 Å². The molecule has 4 rings (SSSR count). The molecule has 2 heterocycles. The highest BCUT2D eigenvalue weighted by atomic mass is 16.5. The summed E-state index contributed by atoms with van der Waals surface area (Å²) in [4.78, 5) is 27.2. The number of benzene rings is 1. The fourth-order valence-electron chi connectivity index (χ4n) is 3.23. The standard InChI is InChI=1S/C17H17N3O3/c1-9-6-14-12(7-11(9)17(22)23-2)15-13(16(21)19-14)8-18-20(15)10-4-3-5-10/h6-8,10H,3-5H2,1-2H3,(H,19,21). The summed E-state index contributed by atoms with van der Waals surface area (Å²) in [6.45, 7) is 1.83. The van der Waals surface area contributed by atoms with Crippen LogP contribution in [-0.4, -0.2) is 27.8 Å².